The Morgan fingerprint density at radius 1 is 1.19 bits per heavy atom. The van der Waals surface area contributed by atoms with Crippen molar-refractivity contribution in [2.75, 3.05) is 39.8 Å². The van der Waals surface area contributed by atoms with Crippen LogP contribution < -0.4 is 5.56 Å². The van der Waals surface area contributed by atoms with Crippen molar-refractivity contribution in [3.8, 4) is 0 Å². The largest absolute Gasteiger partial charge is 0.422 e. The van der Waals surface area contributed by atoms with Crippen LogP contribution in [0.3, 0.4) is 0 Å². The second kappa shape index (κ2) is 7.99. The van der Waals surface area contributed by atoms with Gasteiger partial charge in [0.05, 0.1) is 16.7 Å². The van der Waals surface area contributed by atoms with Gasteiger partial charge < -0.3 is 14.8 Å². The topological polar surface area (TPSA) is 55.5 Å². The molecule has 0 atom stereocenters. The fourth-order valence-corrected chi connectivity index (χ4v) is 4.11. The molecule has 4 rings (SSSR count). The van der Waals surface area contributed by atoms with Crippen LogP contribution in [0.2, 0.25) is 0 Å². The zero-order valence-corrected chi connectivity index (χ0v) is 17.3. The number of piperazine rings is 1. The van der Waals surface area contributed by atoms with Crippen LogP contribution in [0.5, 0.6) is 0 Å². The van der Waals surface area contributed by atoms with Crippen molar-refractivity contribution in [1.29, 1.82) is 0 Å². The molecule has 0 saturated carbocycles. The fourth-order valence-electron chi connectivity index (χ4n) is 4.11. The number of alkyl halides is 3. The van der Waals surface area contributed by atoms with E-state index in [2.05, 4.69) is 14.9 Å². The zero-order chi connectivity index (χ0) is 22.3. The van der Waals surface area contributed by atoms with Gasteiger partial charge in [0.1, 0.15) is 5.56 Å². The van der Waals surface area contributed by atoms with E-state index >= 15 is 0 Å². The molecule has 31 heavy (non-hydrogen) atoms. The Kier molecular flexibility index (Phi) is 5.50. The summed E-state index contributed by atoms with van der Waals surface area (Å²) in [5.41, 5.74) is -0.739. The zero-order valence-electron chi connectivity index (χ0n) is 17.3. The SMILES string of the molecule is Cc1c(C(F)(F)F)c(=O)[nH]c2cc(CN3CCN(C4=C(F)N(C)CC=C4)CC3)cnc12. The molecule has 2 aliphatic rings. The van der Waals surface area contributed by atoms with Gasteiger partial charge in [0.25, 0.3) is 5.56 Å². The van der Waals surface area contributed by atoms with Gasteiger partial charge in [-0.2, -0.15) is 17.6 Å². The van der Waals surface area contributed by atoms with Gasteiger partial charge >= 0.3 is 6.18 Å². The van der Waals surface area contributed by atoms with Crippen molar-refractivity contribution < 1.29 is 17.6 Å². The van der Waals surface area contributed by atoms with Crippen LogP contribution in [0.15, 0.2) is 40.9 Å². The van der Waals surface area contributed by atoms with Gasteiger partial charge in [0.2, 0.25) is 5.95 Å². The summed E-state index contributed by atoms with van der Waals surface area (Å²) in [4.78, 5) is 24.2. The Labute approximate surface area is 176 Å². The highest BCUT2D eigenvalue weighted by molar-refractivity contribution is 5.79. The molecule has 1 saturated heterocycles. The van der Waals surface area contributed by atoms with Crippen molar-refractivity contribution in [1.82, 2.24) is 24.7 Å². The minimum atomic E-state index is -4.73. The minimum Gasteiger partial charge on any atom is -0.365 e. The van der Waals surface area contributed by atoms with E-state index in [1.807, 2.05) is 17.1 Å². The highest BCUT2D eigenvalue weighted by Gasteiger charge is 2.37. The monoisotopic (exact) mass is 437 g/mol. The number of hydrogen-bond donors (Lipinski definition) is 1. The van der Waals surface area contributed by atoms with E-state index in [0.29, 0.717) is 45.0 Å². The molecule has 2 aliphatic heterocycles. The second-order valence-corrected chi connectivity index (χ2v) is 7.91. The van der Waals surface area contributed by atoms with Gasteiger partial charge in [-0.05, 0) is 30.2 Å². The molecule has 6 nitrogen and oxygen atoms in total. The Balaban J connectivity index is 1.48. The van der Waals surface area contributed by atoms with Crippen LogP contribution in [0.25, 0.3) is 11.0 Å². The molecule has 0 aromatic carbocycles. The lowest BCUT2D eigenvalue weighted by Gasteiger charge is -2.38. The lowest BCUT2D eigenvalue weighted by Crippen LogP contribution is -2.46. The van der Waals surface area contributed by atoms with Crippen molar-refractivity contribution in [2.24, 2.45) is 0 Å². The van der Waals surface area contributed by atoms with E-state index in [-0.39, 0.29) is 22.5 Å². The third-order valence-corrected chi connectivity index (χ3v) is 5.75. The summed E-state index contributed by atoms with van der Waals surface area (Å²) < 4.78 is 53.8. The van der Waals surface area contributed by atoms with Gasteiger partial charge in [-0.3, -0.25) is 14.7 Å². The highest BCUT2D eigenvalue weighted by atomic mass is 19.4. The number of nitrogens with one attached hydrogen (secondary N) is 1. The number of aryl methyl sites for hydroxylation is 1. The first-order valence-electron chi connectivity index (χ1n) is 9.98. The molecule has 2 aromatic rings. The molecular formula is C21H23F4N5O. The lowest BCUT2D eigenvalue weighted by atomic mass is 10.1. The summed E-state index contributed by atoms with van der Waals surface area (Å²) in [6.07, 6.45) is 0.551. The maximum atomic E-state index is 14.4. The molecule has 0 spiro atoms. The Morgan fingerprint density at radius 2 is 1.90 bits per heavy atom. The molecule has 1 N–H and O–H groups in total. The van der Waals surface area contributed by atoms with Crippen molar-refractivity contribution in [3.05, 3.63) is 63.1 Å². The Bertz CT molecular complexity index is 1110. The summed E-state index contributed by atoms with van der Waals surface area (Å²) in [5, 5.41) is 0. The Morgan fingerprint density at radius 3 is 2.58 bits per heavy atom. The first-order chi connectivity index (χ1) is 14.6. The smallest absolute Gasteiger partial charge is 0.365 e. The van der Waals surface area contributed by atoms with Crippen LogP contribution in [-0.2, 0) is 12.7 Å². The molecule has 0 bridgehead atoms. The summed E-state index contributed by atoms with van der Waals surface area (Å²) in [6.45, 7) is 5.08. The quantitative estimate of drug-likeness (QED) is 0.591. The van der Waals surface area contributed by atoms with Crippen molar-refractivity contribution >= 4 is 11.0 Å². The van der Waals surface area contributed by atoms with Crippen LogP contribution >= 0.6 is 0 Å². The number of halogens is 4. The predicted molar refractivity (Wildman–Crippen MR) is 109 cm³/mol. The number of H-pyrrole nitrogens is 1. The van der Waals surface area contributed by atoms with E-state index in [4.69, 9.17) is 0 Å². The summed E-state index contributed by atoms with van der Waals surface area (Å²) in [7, 11) is 1.71. The number of likely N-dealkylation sites (N-methyl/N-ethyl adjacent to an activating group) is 1. The number of fused-ring (bicyclic) bond motifs is 1. The first kappa shape index (κ1) is 21.4. The normalized spacial score (nSPS) is 18.4. The number of nitrogens with zero attached hydrogens (tertiary/aromatic N) is 4. The van der Waals surface area contributed by atoms with Crippen molar-refractivity contribution in [3.63, 3.8) is 0 Å². The summed E-state index contributed by atoms with van der Waals surface area (Å²) in [5.74, 6) is -0.229. The summed E-state index contributed by atoms with van der Waals surface area (Å²) in [6, 6.07) is 1.67. The number of aromatic nitrogens is 2. The van der Waals surface area contributed by atoms with Crippen LogP contribution in [0.1, 0.15) is 16.7 Å². The van der Waals surface area contributed by atoms with Crippen LogP contribution in [0, 0.1) is 6.92 Å². The number of pyridine rings is 2. The van der Waals surface area contributed by atoms with E-state index in [0.717, 1.165) is 5.56 Å². The van der Waals surface area contributed by atoms with E-state index in [1.165, 1.54) is 6.92 Å². The number of rotatable bonds is 3. The van der Waals surface area contributed by atoms with E-state index in [9.17, 15) is 22.4 Å². The van der Waals surface area contributed by atoms with Gasteiger partial charge in [-0.15, -0.1) is 0 Å². The molecule has 0 radical (unpaired) electrons. The van der Waals surface area contributed by atoms with Gasteiger partial charge in [0, 0.05) is 52.5 Å². The third kappa shape index (κ3) is 4.16. The number of hydrogen-bond acceptors (Lipinski definition) is 5. The molecular weight excluding hydrogens is 414 g/mol. The molecule has 10 heteroatoms. The molecule has 2 aromatic heterocycles. The minimum absolute atomic E-state index is 0.135. The molecule has 0 unspecified atom stereocenters. The second-order valence-electron chi connectivity index (χ2n) is 7.91. The van der Waals surface area contributed by atoms with Crippen molar-refractivity contribution in [2.45, 2.75) is 19.6 Å². The fraction of sp³-hybridized carbons (Fsp3) is 0.429. The number of aromatic amines is 1. The molecule has 1 fully saturated rings. The number of allylic oxidation sites excluding steroid dienone is 1. The van der Waals surface area contributed by atoms with E-state index < -0.39 is 17.3 Å². The molecule has 0 amide bonds. The first-order valence-corrected chi connectivity index (χ1v) is 9.98. The van der Waals surface area contributed by atoms with Gasteiger partial charge in [-0.1, -0.05) is 6.08 Å². The van der Waals surface area contributed by atoms with Crippen LogP contribution in [0.4, 0.5) is 17.6 Å². The average molecular weight is 437 g/mol. The summed E-state index contributed by atoms with van der Waals surface area (Å²) >= 11 is 0. The van der Waals surface area contributed by atoms with Gasteiger partial charge in [-0.25, -0.2) is 0 Å². The van der Waals surface area contributed by atoms with Crippen LogP contribution in [-0.4, -0.2) is 64.4 Å². The molecule has 166 valence electrons. The third-order valence-electron chi connectivity index (χ3n) is 5.75. The maximum Gasteiger partial charge on any atom is 0.422 e. The standard InChI is InChI=1S/C21H23F4N5O/c1-13-17(21(23,24)25)20(31)27-15-10-14(11-26-18(13)15)12-29-6-8-30(9-7-29)16-4-3-5-28(2)19(16)22/h3-4,10-11H,5-9,12H2,1-2H3,(H,27,31). The average Bonchev–Trinajstić information content (AvgIpc) is 2.69. The molecule has 4 heterocycles. The van der Waals surface area contributed by atoms with Gasteiger partial charge in [0.15, 0.2) is 0 Å². The lowest BCUT2D eigenvalue weighted by molar-refractivity contribution is -0.139. The predicted octanol–water partition coefficient (Wildman–Crippen LogP) is 3.01. The molecule has 0 aliphatic carbocycles. The van der Waals surface area contributed by atoms with E-state index in [1.54, 1.807) is 24.2 Å². The maximum absolute atomic E-state index is 14.4. The highest BCUT2D eigenvalue weighted by Crippen LogP contribution is 2.31. The Hall–Kier alpha value is -2.88.